The van der Waals surface area contributed by atoms with E-state index < -0.39 is 17.6 Å². The molecular formula is C20H18ClF3N4O2S. The molecule has 164 valence electrons. The smallest absolute Gasteiger partial charge is 0.416 e. The number of carbonyl (C=O) groups is 1. The van der Waals surface area contributed by atoms with Gasteiger partial charge < -0.3 is 14.6 Å². The lowest BCUT2D eigenvalue weighted by Crippen LogP contribution is -2.16. The van der Waals surface area contributed by atoms with Crippen molar-refractivity contribution in [3.8, 4) is 17.1 Å². The molecule has 0 spiro atoms. The Balaban J connectivity index is 1.70. The van der Waals surface area contributed by atoms with Crippen LogP contribution in [0.1, 0.15) is 12.5 Å². The van der Waals surface area contributed by atoms with Crippen molar-refractivity contribution in [2.24, 2.45) is 0 Å². The van der Waals surface area contributed by atoms with Crippen LogP contribution in [-0.4, -0.2) is 33.5 Å². The standard InChI is InChI=1S/C20H18ClF3N4O2S/c1-3-28-18(12-4-7-14(30-2)8-5-12)26-27-19(28)31-11-17(29)25-16-10-13(20(22,23)24)6-9-15(16)21/h4-10H,3,11H2,1-2H3,(H,25,29). The number of amides is 1. The molecule has 31 heavy (non-hydrogen) atoms. The summed E-state index contributed by atoms with van der Waals surface area (Å²) < 4.78 is 45.7. The van der Waals surface area contributed by atoms with Crippen molar-refractivity contribution >= 4 is 35.0 Å². The van der Waals surface area contributed by atoms with Gasteiger partial charge in [0.1, 0.15) is 5.75 Å². The SMILES string of the molecule is CCn1c(SCC(=O)Nc2cc(C(F)(F)F)ccc2Cl)nnc1-c1ccc(OC)cc1. The summed E-state index contributed by atoms with van der Waals surface area (Å²) in [4.78, 5) is 12.3. The second-order valence-corrected chi connectivity index (χ2v) is 7.66. The number of anilines is 1. The van der Waals surface area contributed by atoms with Crippen molar-refractivity contribution in [2.75, 3.05) is 18.2 Å². The quantitative estimate of drug-likeness (QED) is 0.470. The van der Waals surface area contributed by atoms with E-state index >= 15 is 0 Å². The first-order valence-electron chi connectivity index (χ1n) is 9.10. The fourth-order valence-electron chi connectivity index (χ4n) is 2.75. The third-order valence-electron chi connectivity index (χ3n) is 4.28. The maximum absolute atomic E-state index is 12.9. The summed E-state index contributed by atoms with van der Waals surface area (Å²) in [6.07, 6.45) is -4.53. The first-order valence-corrected chi connectivity index (χ1v) is 10.5. The van der Waals surface area contributed by atoms with Crippen molar-refractivity contribution in [2.45, 2.75) is 24.8 Å². The summed E-state index contributed by atoms with van der Waals surface area (Å²) in [5, 5.41) is 11.3. The van der Waals surface area contributed by atoms with E-state index in [0.717, 1.165) is 35.5 Å². The monoisotopic (exact) mass is 470 g/mol. The van der Waals surface area contributed by atoms with Gasteiger partial charge in [0, 0.05) is 12.1 Å². The van der Waals surface area contributed by atoms with Gasteiger partial charge in [-0.2, -0.15) is 13.2 Å². The van der Waals surface area contributed by atoms with E-state index in [9.17, 15) is 18.0 Å². The Morgan fingerprint density at radius 3 is 2.52 bits per heavy atom. The first-order chi connectivity index (χ1) is 14.7. The van der Waals surface area contributed by atoms with Crippen molar-refractivity contribution in [1.29, 1.82) is 0 Å². The number of ether oxygens (including phenoxy) is 1. The molecule has 0 saturated carbocycles. The second-order valence-electron chi connectivity index (χ2n) is 6.31. The molecule has 0 unspecified atom stereocenters. The number of methoxy groups -OCH3 is 1. The van der Waals surface area contributed by atoms with E-state index in [1.165, 1.54) is 0 Å². The molecule has 1 aromatic heterocycles. The zero-order valence-corrected chi connectivity index (χ0v) is 18.1. The Morgan fingerprint density at radius 2 is 1.90 bits per heavy atom. The number of hydrogen-bond acceptors (Lipinski definition) is 5. The zero-order chi connectivity index (χ0) is 22.6. The molecule has 0 fully saturated rings. The third-order valence-corrected chi connectivity index (χ3v) is 5.58. The topological polar surface area (TPSA) is 69.0 Å². The van der Waals surface area contributed by atoms with Gasteiger partial charge in [-0.05, 0) is 49.4 Å². The number of nitrogens with zero attached hydrogens (tertiary/aromatic N) is 3. The average Bonchev–Trinajstić information content (AvgIpc) is 3.16. The molecule has 1 amide bonds. The van der Waals surface area contributed by atoms with Crippen LogP contribution in [0.4, 0.5) is 18.9 Å². The molecule has 3 aromatic rings. The summed E-state index contributed by atoms with van der Waals surface area (Å²) in [6, 6.07) is 10.1. The number of thioether (sulfide) groups is 1. The van der Waals surface area contributed by atoms with Gasteiger partial charge in [0.2, 0.25) is 5.91 Å². The molecule has 2 aromatic carbocycles. The van der Waals surface area contributed by atoms with Crippen LogP contribution in [0.3, 0.4) is 0 Å². The Labute approximate surface area is 185 Å². The van der Waals surface area contributed by atoms with Crippen molar-refractivity contribution in [3.63, 3.8) is 0 Å². The van der Waals surface area contributed by atoms with Crippen molar-refractivity contribution in [1.82, 2.24) is 14.8 Å². The van der Waals surface area contributed by atoms with Crippen LogP contribution in [0.5, 0.6) is 5.75 Å². The number of rotatable bonds is 7. The van der Waals surface area contributed by atoms with E-state index in [1.54, 1.807) is 7.11 Å². The Hall–Kier alpha value is -2.72. The van der Waals surface area contributed by atoms with Gasteiger partial charge in [0.05, 0.1) is 29.1 Å². The lowest BCUT2D eigenvalue weighted by Gasteiger charge is -2.12. The highest BCUT2D eigenvalue weighted by Crippen LogP contribution is 2.34. The molecule has 0 atom stereocenters. The number of aromatic nitrogens is 3. The van der Waals surface area contributed by atoms with Gasteiger partial charge in [0.15, 0.2) is 11.0 Å². The van der Waals surface area contributed by atoms with Gasteiger partial charge in [-0.1, -0.05) is 23.4 Å². The summed E-state index contributed by atoms with van der Waals surface area (Å²) in [5.41, 5.74) is -0.158. The number of hydrogen-bond donors (Lipinski definition) is 1. The van der Waals surface area contributed by atoms with Gasteiger partial charge >= 0.3 is 6.18 Å². The van der Waals surface area contributed by atoms with Crippen LogP contribution in [0.2, 0.25) is 5.02 Å². The number of nitrogens with one attached hydrogen (secondary N) is 1. The third kappa shape index (κ3) is 5.50. The number of alkyl halides is 3. The lowest BCUT2D eigenvalue weighted by atomic mass is 10.2. The van der Waals surface area contributed by atoms with Crippen LogP contribution in [0.25, 0.3) is 11.4 Å². The van der Waals surface area contributed by atoms with Crippen LogP contribution >= 0.6 is 23.4 Å². The first kappa shape index (κ1) is 23.0. The molecule has 6 nitrogen and oxygen atoms in total. The van der Waals surface area contributed by atoms with Crippen LogP contribution in [0, 0.1) is 0 Å². The Morgan fingerprint density at radius 1 is 1.19 bits per heavy atom. The highest BCUT2D eigenvalue weighted by Gasteiger charge is 2.31. The predicted molar refractivity (Wildman–Crippen MR) is 113 cm³/mol. The molecule has 0 saturated heterocycles. The minimum Gasteiger partial charge on any atom is -0.497 e. The van der Waals surface area contributed by atoms with Crippen LogP contribution in [0.15, 0.2) is 47.6 Å². The Bertz CT molecular complexity index is 1070. The molecule has 0 aliphatic heterocycles. The zero-order valence-electron chi connectivity index (χ0n) is 16.5. The normalized spacial score (nSPS) is 11.4. The minimum absolute atomic E-state index is 0.0184. The summed E-state index contributed by atoms with van der Waals surface area (Å²) in [6.45, 7) is 2.49. The van der Waals surface area contributed by atoms with E-state index in [4.69, 9.17) is 16.3 Å². The molecule has 3 rings (SSSR count). The molecule has 1 heterocycles. The molecule has 0 aliphatic rings. The van der Waals surface area contributed by atoms with E-state index in [0.29, 0.717) is 23.3 Å². The second kappa shape index (κ2) is 9.61. The molecular weight excluding hydrogens is 453 g/mol. The van der Waals surface area contributed by atoms with Gasteiger partial charge in [-0.25, -0.2) is 0 Å². The lowest BCUT2D eigenvalue weighted by molar-refractivity contribution is -0.137. The van der Waals surface area contributed by atoms with Gasteiger partial charge in [-0.3, -0.25) is 4.79 Å². The van der Waals surface area contributed by atoms with E-state index in [2.05, 4.69) is 15.5 Å². The highest BCUT2D eigenvalue weighted by atomic mass is 35.5. The van der Waals surface area contributed by atoms with Crippen molar-refractivity contribution in [3.05, 3.63) is 53.1 Å². The van der Waals surface area contributed by atoms with E-state index in [1.807, 2.05) is 35.8 Å². The van der Waals surface area contributed by atoms with Gasteiger partial charge in [0.25, 0.3) is 0 Å². The Kier molecular flexibility index (Phi) is 7.11. The summed E-state index contributed by atoms with van der Waals surface area (Å²) in [5.74, 6) is 0.760. The van der Waals surface area contributed by atoms with Crippen LogP contribution < -0.4 is 10.1 Å². The minimum atomic E-state index is -4.53. The molecule has 0 bridgehead atoms. The maximum atomic E-state index is 12.9. The van der Waals surface area contributed by atoms with E-state index in [-0.39, 0.29) is 16.5 Å². The fraction of sp³-hybridized carbons (Fsp3) is 0.250. The average molecular weight is 471 g/mol. The van der Waals surface area contributed by atoms with Gasteiger partial charge in [-0.15, -0.1) is 10.2 Å². The highest BCUT2D eigenvalue weighted by molar-refractivity contribution is 7.99. The molecule has 0 aliphatic carbocycles. The summed E-state index contributed by atoms with van der Waals surface area (Å²) in [7, 11) is 1.58. The molecule has 0 radical (unpaired) electrons. The van der Waals surface area contributed by atoms with Crippen molar-refractivity contribution < 1.29 is 22.7 Å². The fourth-order valence-corrected chi connectivity index (χ4v) is 3.72. The number of halogens is 4. The molecule has 1 N–H and O–H groups in total. The predicted octanol–water partition coefficient (Wildman–Crippen LogP) is 5.38. The summed E-state index contributed by atoms with van der Waals surface area (Å²) >= 11 is 7.05. The van der Waals surface area contributed by atoms with Crippen LogP contribution in [-0.2, 0) is 17.5 Å². The molecule has 11 heteroatoms. The maximum Gasteiger partial charge on any atom is 0.416 e. The largest absolute Gasteiger partial charge is 0.497 e. The number of benzene rings is 2. The number of carbonyl (C=O) groups excluding carboxylic acids is 1.